The topological polar surface area (TPSA) is 82.3 Å². The maximum absolute atomic E-state index is 5.76. The third-order valence-corrected chi connectivity index (χ3v) is 3.96. The Labute approximate surface area is 149 Å². The number of aromatic nitrogens is 2. The molecule has 2 aromatic rings. The number of rotatable bonds is 7. The molecule has 1 aromatic heterocycles. The predicted octanol–water partition coefficient (Wildman–Crippen LogP) is 3.61. The summed E-state index contributed by atoms with van der Waals surface area (Å²) in [4.78, 5) is 8.52. The van der Waals surface area contributed by atoms with Gasteiger partial charge in [-0.1, -0.05) is 13.8 Å². The van der Waals surface area contributed by atoms with Gasteiger partial charge < -0.3 is 20.5 Å². The normalized spacial score (nSPS) is 11.0. The van der Waals surface area contributed by atoms with Crippen LogP contribution in [0.1, 0.15) is 50.3 Å². The lowest BCUT2D eigenvalue weighted by atomic mass is 9.92. The summed E-state index contributed by atoms with van der Waals surface area (Å²) < 4.78 is 10.9. The average molecular weight is 344 g/mol. The maximum atomic E-state index is 5.76. The van der Waals surface area contributed by atoms with Crippen LogP contribution in [0.15, 0.2) is 18.3 Å². The van der Waals surface area contributed by atoms with E-state index in [1.807, 2.05) is 12.1 Å². The molecule has 136 valence electrons. The van der Waals surface area contributed by atoms with E-state index in [4.69, 9.17) is 15.2 Å². The number of ether oxygens (including phenoxy) is 2. The summed E-state index contributed by atoms with van der Waals surface area (Å²) in [7, 11) is 3.30. The van der Waals surface area contributed by atoms with Crippen LogP contribution >= 0.6 is 0 Å². The van der Waals surface area contributed by atoms with Gasteiger partial charge in [0.15, 0.2) is 11.5 Å². The maximum Gasteiger partial charge on any atom is 0.221 e. The monoisotopic (exact) mass is 344 g/mol. The van der Waals surface area contributed by atoms with Crippen molar-refractivity contribution in [3.05, 3.63) is 35.0 Å². The first-order chi connectivity index (χ1) is 11.8. The van der Waals surface area contributed by atoms with Gasteiger partial charge in [0.25, 0.3) is 0 Å². The number of benzene rings is 1. The number of hydrogen-bond donors (Lipinski definition) is 2. The number of nitrogens with one attached hydrogen (secondary N) is 1. The van der Waals surface area contributed by atoms with E-state index in [0.29, 0.717) is 12.3 Å². The standard InChI is InChI=1S/C19H28N4O2/c1-11(2)15-9-17(25-6)16(24-5)8-13(15)7-14-10-21-19(20)23-18(14)22-12(3)4/h8-12H,7H2,1-6H3,(H3,20,21,22,23). The lowest BCUT2D eigenvalue weighted by Crippen LogP contribution is -2.15. The molecule has 0 atom stereocenters. The first kappa shape index (κ1) is 18.8. The fraction of sp³-hybridized carbons (Fsp3) is 0.474. The molecular formula is C19H28N4O2. The molecule has 1 heterocycles. The molecule has 0 spiro atoms. The molecule has 0 saturated heterocycles. The third-order valence-electron chi connectivity index (χ3n) is 3.96. The van der Waals surface area contributed by atoms with Gasteiger partial charge in [-0.2, -0.15) is 4.98 Å². The number of nitrogens with two attached hydrogens (primary N) is 1. The van der Waals surface area contributed by atoms with Crippen LogP contribution in [0.3, 0.4) is 0 Å². The molecule has 6 heteroatoms. The molecule has 2 rings (SSSR count). The molecule has 1 aromatic carbocycles. The summed E-state index contributed by atoms with van der Waals surface area (Å²) in [5.41, 5.74) is 9.13. The third kappa shape index (κ3) is 4.53. The van der Waals surface area contributed by atoms with E-state index in [0.717, 1.165) is 28.4 Å². The van der Waals surface area contributed by atoms with Gasteiger partial charge in [0.1, 0.15) is 5.82 Å². The lowest BCUT2D eigenvalue weighted by Gasteiger charge is -2.19. The predicted molar refractivity (Wildman–Crippen MR) is 102 cm³/mol. The van der Waals surface area contributed by atoms with Gasteiger partial charge in [-0.15, -0.1) is 0 Å². The largest absolute Gasteiger partial charge is 0.493 e. The number of hydrogen-bond acceptors (Lipinski definition) is 6. The SMILES string of the molecule is COc1cc(Cc2cnc(N)nc2NC(C)C)c(C(C)C)cc1OC. The van der Waals surface area contributed by atoms with E-state index in [1.165, 1.54) is 5.56 Å². The van der Waals surface area contributed by atoms with Crippen LogP contribution in [0.4, 0.5) is 11.8 Å². The zero-order valence-electron chi connectivity index (χ0n) is 15.9. The van der Waals surface area contributed by atoms with Gasteiger partial charge in [-0.3, -0.25) is 0 Å². The molecule has 0 bridgehead atoms. The highest BCUT2D eigenvalue weighted by Crippen LogP contribution is 2.35. The Bertz CT molecular complexity index is 730. The van der Waals surface area contributed by atoms with Crippen LogP contribution in [0.5, 0.6) is 11.5 Å². The second kappa shape index (κ2) is 8.05. The summed E-state index contributed by atoms with van der Waals surface area (Å²) in [6, 6.07) is 4.33. The van der Waals surface area contributed by atoms with Gasteiger partial charge in [0, 0.05) is 24.2 Å². The molecule has 0 unspecified atom stereocenters. The van der Waals surface area contributed by atoms with E-state index < -0.39 is 0 Å². The van der Waals surface area contributed by atoms with E-state index in [2.05, 4.69) is 43.0 Å². The second-order valence-electron chi connectivity index (χ2n) is 6.64. The molecular weight excluding hydrogens is 316 g/mol. The molecule has 3 N–H and O–H groups in total. The molecule has 0 amide bonds. The van der Waals surface area contributed by atoms with Crippen LogP contribution in [-0.4, -0.2) is 30.2 Å². The molecule has 0 aliphatic rings. The van der Waals surface area contributed by atoms with Crippen molar-refractivity contribution in [2.45, 2.75) is 46.1 Å². The van der Waals surface area contributed by atoms with Gasteiger partial charge in [0.2, 0.25) is 5.95 Å². The zero-order valence-corrected chi connectivity index (χ0v) is 15.9. The van der Waals surface area contributed by atoms with Crippen molar-refractivity contribution >= 4 is 11.8 Å². The summed E-state index contributed by atoms with van der Waals surface area (Å²) in [6.45, 7) is 8.46. The minimum absolute atomic E-state index is 0.253. The van der Waals surface area contributed by atoms with Gasteiger partial charge in [-0.25, -0.2) is 4.98 Å². The molecule has 6 nitrogen and oxygen atoms in total. The zero-order chi connectivity index (χ0) is 18.6. The van der Waals surface area contributed by atoms with Crippen LogP contribution < -0.4 is 20.5 Å². The fourth-order valence-electron chi connectivity index (χ4n) is 2.78. The van der Waals surface area contributed by atoms with Crippen molar-refractivity contribution in [3.8, 4) is 11.5 Å². The highest BCUT2D eigenvalue weighted by Gasteiger charge is 2.16. The number of nitrogens with zero attached hydrogens (tertiary/aromatic N) is 2. The quantitative estimate of drug-likeness (QED) is 0.798. The molecule has 25 heavy (non-hydrogen) atoms. The van der Waals surface area contributed by atoms with Gasteiger partial charge in [-0.05, 0) is 43.0 Å². The first-order valence-corrected chi connectivity index (χ1v) is 8.48. The van der Waals surface area contributed by atoms with E-state index in [9.17, 15) is 0 Å². The second-order valence-corrected chi connectivity index (χ2v) is 6.64. The van der Waals surface area contributed by atoms with E-state index in [-0.39, 0.29) is 12.0 Å². The van der Waals surface area contributed by atoms with Crippen molar-refractivity contribution in [1.82, 2.24) is 9.97 Å². The van der Waals surface area contributed by atoms with Crippen molar-refractivity contribution in [2.75, 3.05) is 25.3 Å². The number of anilines is 2. The Morgan fingerprint density at radius 2 is 1.68 bits per heavy atom. The molecule has 0 saturated carbocycles. The first-order valence-electron chi connectivity index (χ1n) is 8.48. The minimum Gasteiger partial charge on any atom is -0.493 e. The van der Waals surface area contributed by atoms with E-state index in [1.54, 1.807) is 20.4 Å². The summed E-state index contributed by atoms with van der Waals surface area (Å²) in [5, 5.41) is 3.35. The Hall–Kier alpha value is -2.50. The Kier molecular flexibility index (Phi) is 6.07. The number of nitrogen functional groups attached to an aromatic ring is 1. The summed E-state index contributed by atoms with van der Waals surface area (Å²) in [6.07, 6.45) is 2.47. The summed E-state index contributed by atoms with van der Waals surface area (Å²) >= 11 is 0. The van der Waals surface area contributed by atoms with Crippen molar-refractivity contribution in [3.63, 3.8) is 0 Å². The summed E-state index contributed by atoms with van der Waals surface area (Å²) in [5.74, 6) is 2.85. The van der Waals surface area contributed by atoms with Crippen LogP contribution in [0, 0.1) is 0 Å². The molecule has 0 aliphatic heterocycles. The lowest BCUT2D eigenvalue weighted by molar-refractivity contribution is 0.354. The Morgan fingerprint density at radius 1 is 1.04 bits per heavy atom. The smallest absolute Gasteiger partial charge is 0.221 e. The van der Waals surface area contributed by atoms with Crippen molar-refractivity contribution in [1.29, 1.82) is 0 Å². The molecule has 0 fully saturated rings. The van der Waals surface area contributed by atoms with Gasteiger partial charge in [0.05, 0.1) is 14.2 Å². The Balaban J connectivity index is 2.49. The van der Waals surface area contributed by atoms with Crippen molar-refractivity contribution < 1.29 is 9.47 Å². The van der Waals surface area contributed by atoms with Crippen LogP contribution in [-0.2, 0) is 6.42 Å². The Morgan fingerprint density at radius 3 is 2.24 bits per heavy atom. The van der Waals surface area contributed by atoms with E-state index >= 15 is 0 Å². The minimum atomic E-state index is 0.253. The molecule has 0 radical (unpaired) electrons. The highest BCUT2D eigenvalue weighted by atomic mass is 16.5. The highest BCUT2D eigenvalue weighted by molar-refractivity contribution is 5.53. The average Bonchev–Trinajstić information content (AvgIpc) is 2.56. The number of methoxy groups -OCH3 is 2. The van der Waals surface area contributed by atoms with Crippen LogP contribution in [0.25, 0.3) is 0 Å². The molecule has 0 aliphatic carbocycles. The van der Waals surface area contributed by atoms with Crippen LogP contribution in [0.2, 0.25) is 0 Å². The van der Waals surface area contributed by atoms with Crippen molar-refractivity contribution in [2.24, 2.45) is 0 Å². The fourth-order valence-corrected chi connectivity index (χ4v) is 2.78. The van der Waals surface area contributed by atoms with Gasteiger partial charge >= 0.3 is 0 Å².